The molecule has 0 aliphatic carbocycles. The summed E-state index contributed by atoms with van der Waals surface area (Å²) in [7, 11) is 0. The van der Waals surface area contributed by atoms with Crippen molar-refractivity contribution < 1.29 is 14.6 Å². The Morgan fingerprint density at radius 2 is 1.63 bits per heavy atom. The number of ether oxygens (including phenoxy) is 1. The van der Waals surface area contributed by atoms with Crippen LogP contribution in [0.25, 0.3) is 17.2 Å². The number of fused-ring (bicyclic) bond motifs is 1. The van der Waals surface area contributed by atoms with Gasteiger partial charge in [0.2, 0.25) is 5.78 Å². The van der Waals surface area contributed by atoms with E-state index >= 15 is 0 Å². The van der Waals surface area contributed by atoms with E-state index in [0.717, 1.165) is 48.7 Å². The number of anilines is 1. The Bertz CT molecular complexity index is 1490. The number of hydrogen-bond acceptors (Lipinski definition) is 6. The maximum atomic E-state index is 13.4. The second kappa shape index (κ2) is 10.1. The first-order valence-electron chi connectivity index (χ1n) is 12.9. The molecule has 6 heteroatoms. The van der Waals surface area contributed by atoms with Crippen LogP contribution in [0.15, 0.2) is 90.8 Å². The van der Waals surface area contributed by atoms with E-state index in [1.165, 1.54) is 0 Å². The summed E-state index contributed by atoms with van der Waals surface area (Å²) in [5.41, 5.74) is 5.05. The van der Waals surface area contributed by atoms with E-state index < -0.39 is 0 Å². The van der Waals surface area contributed by atoms with Gasteiger partial charge in [0.25, 0.3) is 0 Å². The summed E-state index contributed by atoms with van der Waals surface area (Å²) >= 11 is 0. The van der Waals surface area contributed by atoms with E-state index in [4.69, 9.17) is 4.74 Å². The van der Waals surface area contributed by atoms with Crippen LogP contribution in [0.1, 0.15) is 27.0 Å². The number of phenols is 1. The molecule has 38 heavy (non-hydrogen) atoms. The molecule has 1 fully saturated rings. The van der Waals surface area contributed by atoms with Crippen LogP contribution in [0.5, 0.6) is 11.5 Å². The van der Waals surface area contributed by atoms with Gasteiger partial charge in [-0.05, 0) is 53.5 Å². The number of rotatable bonds is 5. The molecule has 0 atom stereocenters. The lowest BCUT2D eigenvalue weighted by molar-refractivity contribution is 0.101. The summed E-state index contributed by atoms with van der Waals surface area (Å²) < 4.78 is 6.17. The Morgan fingerprint density at radius 1 is 0.921 bits per heavy atom. The third kappa shape index (κ3) is 4.66. The van der Waals surface area contributed by atoms with Crippen molar-refractivity contribution in [1.82, 2.24) is 9.88 Å². The number of Topliss-reactive ketones (excluding diaryl/α,β-unsaturated/α-hetero) is 1. The molecule has 1 aromatic heterocycles. The van der Waals surface area contributed by atoms with Gasteiger partial charge in [0.05, 0.1) is 11.1 Å². The summed E-state index contributed by atoms with van der Waals surface area (Å²) in [6.07, 6.45) is 3.59. The van der Waals surface area contributed by atoms with Gasteiger partial charge in [0.1, 0.15) is 17.3 Å². The molecule has 6 nitrogen and oxygen atoms in total. The van der Waals surface area contributed by atoms with Crippen molar-refractivity contribution in [2.45, 2.75) is 13.5 Å². The molecule has 0 amide bonds. The Balaban J connectivity index is 1.21. The molecular formula is C32H29N3O3. The molecule has 1 N–H and O–H groups in total. The lowest BCUT2D eigenvalue weighted by Gasteiger charge is -2.35. The molecule has 3 heterocycles. The van der Waals surface area contributed by atoms with Crippen LogP contribution < -0.4 is 9.64 Å². The van der Waals surface area contributed by atoms with Crippen molar-refractivity contribution in [1.29, 1.82) is 0 Å². The zero-order valence-corrected chi connectivity index (χ0v) is 21.3. The molecule has 2 aliphatic rings. The maximum Gasteiger partial charge on any atom is 0.232 e. The molecule has 6 rings (SSSR count). The average Bonchev–Trinajstić information content (AvgIpc) is 3.28. The third-order valence-corrected chi connectivity index (χ3v) is 7.26. The topological polar surface area (TPSA) is 65.9 Å². The first-order valence-corrected chi connectivity index (χ1v) is 12.9. The Hall–Kier alpha value is -4.42. The van der Waals surface area contributed by atoms with E-state index in [1.807, 2.05) is 73.8 Å². The third-order valence-electron chi connectivity index (χ3n) is 7.26. The van der Waals surface area contributed by atoms with Crippen LogP contribution in [0.2, 0.25) is 0 Å². The van der Waals surface area contributed by atoms with Crippen LogP contribution in [0, 0.1) is 6.92 Å². The number of ketones is 1. The number of aromatic hydroxyl groups is 1. The molecule has 1 saturated heterocycles. The highest BCUT2D eigenvalue weighted by atomic mass is 16.5. The van der Waals surface area contributed by atoms with Crippen molar-refractivity contribution in [3.05, 3.63) is 113 Å². The van der Waals surface area contributed by atoms with Gasteiger partial charge in [-0.1, -0.05) is 60.7 Å². The van der Waals surface area contributed by atoms with E-state index in [0.29, 0.717) is 29.0 Å². The predicted octanol–water partition coefficient (Wildman–Crippen LogP) is 5.70. The smallest absolute Gasteiger partial charge is 0.232 e. The molecular weight excluding hydrogens is 474 g/mol. The molecule has 3 aromatic carbocycles. The number of phenolic OH excluding ortho intramolecular Hbond substituents is 1. The van der Waals surface area contributed by atoms with Crippen LogP contribution in [-0.4, -0.2) is 47.0 Å². The van der Waals surface area contributed by atoms with E-state index in [9.17, 15) is 9.90 Å². The van der Waals surface area contributed by atoms with Crippen LogP contribution in [0.4, 0.5) is 5.82 Å². The highest BCUT2D eigenvalue weighted by Gasteiger charge is 2.34. The Labute approximate surface area is 222 Å². The number of nitrogens with zero attached hydrogens (tertiary/aromatic N) is 3. The number of allylic oxidation sites excluding steroid dienone is 1. The number of piperazine rings is 1. The number of benzene rings is 3. The summed E-state index contributed by atoms with van der Waals surface area (Å²) in [4.78, 5) is 22.4. The van der Waals surface area contributed by atoms with Crippen LogP contribution in [-0.2, 0) is 6.54 Å². The second-order valence-electron chi connectivity index (χ2n) is 9.77. The minimum absolute atomic E-state index is 0.147. The minimum Gasteiger partial charge on any atom is -0.507 e. The van der Waals surface area contributed by atoms with Crippen LogP contribution in [0.3, 0.4) is 0 Å². The fourth-order valence-electron chi connectivity index (χ4n) is 5.19. The first-order chi connectivity index (χ1) is 18.6. The molecule has 0 saturated carbocycles. The van der Waals surface area contributed by atoms with Gasteiger partial charge in [-0.2, -0.15) is 0 Å². The largest absolute Gasteiger partial charge is 0.507 e. The lowest BCUT2D eigenvalue weighted by atomic mass is 9.98. The SMILES string of the molecule is Cc1cc(O)c(CN2CCN(c3ccccn3)CC2)c2c1C(=O)/C(=C\c1ccc(-c3ccccc3)cc1)O2. The highest BCUT2D eigenvalue weighted by molar-refractivity contribution is 6.15. The Kier molecular flexibility index (Phi) is 6.40. The zero-order chi connectivity index (χ0) is 26.1. The standard InChI is InChI=1S/C32H29N3O3/c1-22-19-27(36)26(21-34-15-17-35(18-16-34)29-9-5-6-14-33-29)32-30(22)31(37)28(38-32)20-23-10-12-25(13-11-23)24-7-3-2-4-8-24/h2-14,19-20,36H,15-18,21H2,1H3/b28-20+. The van der Waals surface area contributed by atoms with Crippen LogP contribution >= 0.6 is 0 Å². The summed E-state index contributed by atoms with van der Waals surface area (Å²) in [5.74, 6) is 1.75. The second-order valence-corrected chi connectivity index (χ2v) is 9.77. The molecule has 0 radical (unpaired) electrons. The van der Waals surface area contributed by atoms with E-state index in [1.54, 1.807) is 12.1 Å². The number of carbonyl (C=O) groups excluding carboxylic acids is 1. The van der Waals surface area contributed by atoms with E-state index in [-0.39, 0.29) is 17.3 Å². The predicted molar refractivity (Wildman–Crippen MR) is 149 cm³/mol. The molecule has 2 aliphatic heterocycles. The monoisotopic (exact) mass is 503 g/mol. The van der Waals surface area contributed by atoms with Crippen molar-refractivity contribution in [2.75, 3.05) is 31.1 Å². The summed E-state index contributed by atoms with van der Waals surface area (Å²) in [6.45, 7) is 5.68. The van der Waals surface area contributed by atoms with Crippen molar-refractivity contribution in [2.24, 2.45) is 0 Å². The quantitative estimate of drug-likeness (QED) is 0.353. The molecule has 4 aromatic rings. The normalized spacial score (nSPS) is 16.5. The van der Waals surface area contributed by atoms with Gasteiger partial charge in [0, 0.05) is 38.9 Å². The van der Waals surface area contributed by atoms with Gasteiger partial charge >= 0.3 is 0 Å². The van der Waals surface area contributed by atoms with Gasteiger partial charge in [-0.25, -0.2) is 4.98 Å². The van der Waals surface area contributed by atoms with Gasteiger partial charge in [-0.15, -0.1) is 0 Å². The first kappa shape index (κ1) is 23.9. The molecule has 190 valence electrons. The minimum atomic E-state index is -0.147. The molecule has 0 spiro atoms. The van der Waals surface area contributed by atoms with Gasteiger partial charge < -0.3 is 14.7 Å². The lowest BCUT2D eigenvalue weighted by Crippen LogP contribution is -2.46. The summed E-state index contributed by atoms with van der Waals surface area (Å²) in [5, 5.41) is 10.9. The van der Waals surface area contributed by atoms with Crippen molar-refractivity contribution in [3.63, 3.8) is 0 Å². The number of carbonyl (C=O) groups is 1. The number of pyridine rings is 1. The molecule has 0 unspecified atom stereocenters. The number of aryl methyl sites for hydroxylation is 1. The fourth-order valence-corrected chi connectivity index (χ4v) is 5.19. The fraction of sp³-hybridized carbons (Fsp3) is 0.188. The number of hydrogen-bond donors (Lipinski definition) is 1. The maximum absolute atomic E-state index is 13.4. The van der Waals surface area contributed by atoms with Crippen molar-refractivity contribution >= 4 is 17.7 Å². The summed E-state index contributed by atoms with van der Waals surface area (Å²) in [6, 6.07) is 25.9. The Morgan fingerprint density at radius 3 is 2.34 bits per heavy atom. The molecule has 0 bridgehead atoms. The highest BCUT2D eigenvalue weighted by Crippen LogP contribution is 2.42. The van der Waals surface area contributed by atoms with E-state index in [2.05, 4.69) is 26.9 Å². The van der Waals surface area contributed by atoms with Gasteiger partial charge in [-0.3, -0.25) is 9.69 Å². The number of aromatic nitrogens is 1. The van der Waals surface area contributed by atoms with Gasteiger partial charge in [0.15, 0.2) is 5.76 Å². The average molecular weight is 504 g/mol. The zero-order valence-electron chi connectivity index (χ0n) is 21.3. The van der Waals surface area contributed by atoms with Crippen molar-refractivity contribution in [3.8, 4) is 22.6 Å².